The van der Waals surface area contributed by atoms with Gasteiger partial charge in [-0.25, -0.2) is 4.79 Å². The lowest BCUT2D eigenvalue weighted by Gasteiger charge is -2.24. The third-order valence-corrected chi connectivity index (χ3v) is 3.13. The van der Waals surface area contributed by atoms with Gasteiger partial charge in [-0.2, -0.15) is 0 Å². The Labute approximate surface area is 124 Å². The van der Waals surface area contributed by atoms with Crippen LogP contribution in [0.2, 0.25) is 0 Å². The highest BCUT2D eigenvalue weighted by Gasteiger charge is 2.22. The standard InChI is InChI=1S/C15H22N2O4/c1-10(2)4-6-15(3,21)9-17-13(18)12-8-11(14(19)20)5-7-16-12/h5,7-8,10,21H,4,6,9H2,1-3H3,(H,17,18)(H,19,20). The molecule has 1 rings (SSSR count). The minimum atomic E-state index is -1.12. The Hall–Kier alpha value is -1.95. The molecule has 0 fully saturated rings. The first-order valence-electron chi connectivity index (χ1n) is 6.91. The van der Waals surface area contributed by atoms with Gasteiger partial charge in [-0.15, -0.1) is 0 Å². The Kier molecular flexibility index (Phi) is 5.84. The van der Waals surface area contributed by atoms with Gasteiger partial charge in [0, 0.05) is 12.7 Å². The van der Waals surface area contributed by atoms with Gasteiger partial charge in [0.1, 0.15) is 5.69 Å². The van der Waals surface area contributed by atoms with E-state index in [0.717, 1.165) is 6.42 Å². The molecule has 0 aliphatic carbocycles. The van der Waals surface area contributed by atoms with Gasteiger partial charge in [-0.3, -0.25) is 9.78 Å². The van der Waals surface area contributed by atoms with Crippen LogP contribution in [-0.2, 0) is 0 Å². The van der Waals surface area contributed by atoms with Crippen LogP contribution in [0.4, 0.5) is 0 Å². The Balaban J connectivity index is 2.61. The number of nitrogens with zero attached hydrogens (tertiary/aromatic N) is 1. The number of aromatic nitrogens is 1. The fraction of sp³-hybridized carbons (Fsp3) is 0.533. The Bertz CT molecular complexity index is 512. The number of amides is 1. The maximum absolute atomic E-state index is 11.9. The van der Waals surface area contributed by atoms with E-state index in [2.05, 4.69) is 24.1 Å². The van der Waals surface area contributed by atoms with Crippen molar-refractivity contribution < 1.29 is 19.8 Å². The van der Waals surface area contributed by atoms with Crippen LogP contribution in [0.5, 0.6) is 0 Å². The average Bonchev–Trinajstić information content (AvgIpc) is 2.43. The number of carboxylic acid groups (broad SMARTS) is 1. The van der Waals surface area contributed by atoms with Gasteiger partial charge >= 0.3 is 5.97 Å². The predicted molar refractivity (Wildman–Crippen MR) is 78.2 cm³/mol. The number of nitrogens with one attached hydrogen (secondary N) is 1. The van der Waals surface area contributed by atoms with Crippen molar-refractivity contribution >= 4 is 11.9 Å². The van der Waals surface area contributed by atoms with Crippen molar-refractivity contribution in [1.82, 2.24) is 10.3 Å². The SMILES string of the molecule is CC(C)CCC(C)(O)CNC(=O)c1cc(C(=O)O)ccn1. The molecule has 21 heavy (non-hydrogen) atoms. The molecule has 116 valence electrons. The number of aromatic carboxylic acids is 1. The number of carboxylic acids is 1. The number of hydrogen-bond acceptors (Lipinski definition) is 4. The maximum atomic E-state index is 11.9. The van der Waals surface area contributed by atoms with Crippen molar-refractivity contribution in [1.29, 1.82) is 0 Å². The summed E-state index contributed by atoms with van der Waals surface area (Å²) in [4.78, 5) is 26.6. The molecule has 6 nitrogen and oxygen atoms in total. The first-order chi connectivity index (χ1) is 9.71. The lowest BCUT2D eigenvalue weighted by Crippen LogP contribution is -2.41. The molecule has 1 aromatic heterocycles. The molecular formula is C15H22N2O4. The number of carbonyl (C=O) groups is 2. The summed E-state index contributed by atoms with van der Waals surface area (Å²) in [5.41, 5.74) is -0.971. The molecule has 3 N–H and O–H groups in total. The molecule has 1 aromatic rings. The maximum Gasteiger partial charge on any atom is 0.335 e. The van der Waals surface area contributed by atoms with E-state index in [1.807, 2.05) is 0 Å². The number of aliphatic hydroxyl groups is 1. The van der Waals surface area contributed by atoms with Crippen molar-refractivity contribution in [2.45, 2.75) is 39.2 Å². The summed E-state index contributed by atoms with van der Waals surface area (Å²) in [5.74, 6) is -1.14. The van der Waals surface area contributed by atoms with Gasteiger partial charge < -0.3 is 15.5 Å². The number of carbonyl (C=O) groups excluding carboxylic acids is 1. The molecule has 1 atom stereocenters. The van der Waals surface area contributed by atoms with Crippen molar-refractivity contribution in [3.63, 3.8) is 0 Å². The minimum Gasteiger partial charge on any atom is -0.478 e. The van der Waals surface area contributed by atoms with Gasteiger partial charge in [0.25, 0.3) is 5.91 Å². The zero-order valence-corrected chi connectivity index (χ0v) is 12.6. The molecule has 0 saturated heterocycles. The molecule has 0 saturated carbocycles. The van der Waals surface area contributed by atoms with Crippen LogP contribution in [-0.4, -0.2) is 39.2 Å². The van der Waals surface area contributed by atoms with Crippen LogP contribution in [0, 0.1) is 5.92 Å². The molecule has 0 aliphatic rings. The number of rotatable bonds is 7. The smallest absolute Gasteiger partial charge is 0.335 e. The topological polar surface area (TPSA) is 99.5 Å². The summed E-state index contributed by atoms with van der Waals surface area (Å²) < 4.78 is 0. The van der Waals surface area contributed by atoms with E-state index >= 15 is 0 Å². The van der Waals surface area contributed by atoms with Gasteiger partial charge in [0.15, 0.2) is 0 Å². The fourth-order valence-electron chi connectivity index (χ4n) is 1.74. The highest BCUT2D eigenvalue weighted by molar-refractivity contribution is 5.95. The second-order valence-electron chi connectivity index (χ2n) is 5.85. The summed E-state index contributed by atoms with van der Waals surface area (Å²) >= 11 is 0. The van der Waals surface area contributed by atoms with Crippen LogP contribution in [0.1, 0.15) is 54.5 Å². The zero-order valence-electron chi connectivity index (χ0n) is 12.6. The first kappa shape index (κ1) is 17.1. The van der Waals surface area contributed by atoms with Crippen molar-refractivity contribution in [2.75, 3.05) is 6.54 Å². The molecule has 0 bridgehead atoms. The van der Waals surface area contributed by atoms with Gasteiger partial charge in [-0.1, -0.05) is 13.8 Å². The second-order valence-corrected chi connectivity index (χ2v) is 5.85. The first-order valence-corrected chi connectivity index (χ1v) is 6.91. The van der Waals surface area contributed by atoms with E-state index in [9.17, 15) is 14.7 Å². The Morgan fingerprint density at radius 1 is 1.43 bits per heavy atom. The number of hydrogen-bond donors (Lipinski definition) is 3. The third-order valence-electron chi connectivity index (χ3n) is 3.13. The highest BCUT2D eigenvalue weighted by atomic mass is 16.4. The van der Waals surface area contributed by atoms with Crippen LogP contribution in [0.3, 0.4) is 0 Å². The van der Waals surface area contributed by atoms with Gasteiger partial charge in [-0.05, 0) is 37.8 Å². The molecule has 0 aromatic carbocycles. The quantitative estimate of drug-likeness (QED) is 0.710. The van der Waals surface area contributed by atoms with Gasteiger partial charge in [0.05, 0.1) is 11.2 Å². The largest absolute Gasteiger partial charge is 0.478 e. The van der Waals surface area contributed by atoms with Crippen LogP contribution in [0.25, 0.3) is 0 Å². The van der Waals surface area contributed by atoms with Crippen LogP contribution < -0.4 is 5.32 Å². The summed E-state index contributed by atoms with van der Waals surface area (Å²) in [6, 6.07) is 2.53. The summed E-state index contributed by atoms with van der Waals surface area (Å²) in [7, 11) is 0. The third kappa shape index (κ3) is 5.91. The fourth-order valence-corrected chi connectivity index (χ4v) is 1.74. The van der Waals surface area contributed by atoms with E-state index in [1.54, 1.807) is 6.92 Å². The van der Waals surface area contributed by atoms with E-state index in [-0.39, 0.29) is 17.8 Å². The summed E-state index contributed by atoms with van der Waals surface area (Å²) in [6.07, 6.45) is 2.71. The van der Waals surface area contributed by atoms with Crippen molar-refractivity contribution in [2.24, 2.45) is 5.92 Å². The second kappa shape index (κ2) is 7.17. The van der Waals surface area contributed by atoms with Crippen LogP contribution in [0.15, 0.2) is 18.3 Å². The molecule has 0 radical (unpaired) electrons. The van der Waals surface area contributed by atoms with Crippen LogP contribution >= 0.6 is 0 Å². The molecule has 6 heteroatoms. The summed E-state index contributed by atoms with van der Waals surface area (Å²) in [6.45, 7) is 5.89. The van der Waals surface area contributed by atoms with E-state index in [0.29, 0.717) is 12.3 Å². The minimum absolute atomic E-state index is 0.00159. The van der Waals surface area contributed by atoms with Gasteiger partial charge in [0.2, 0.25) is 0 Å². The Morgan fingerprint density at radius 3 is 2.67 bits per heavy atom. The molecule has 0 aliphatic heterocycles. The molecule has 1 amide bonds. The molecule has 1 unspecified atom stereocenters. The normalized spacial score (nSPS) is 13.8. The molecule has 1 heterocycles. The number of pyridine rings is 1. The van der Waals surface area contributed by atoms with E-state index in [4.69, 9.17) is 5.11 Å². The van der Waals surface area contributed by atoms with Crippen molar-refractivity contribution in [3.05, 3.63) is 29.6 Å². The van der Waals surface area contributed by atoms with E-state index < -0.39 is 17.5 Å². The average molecular weight is 294 g/mol. The van der Waals surface area contributed by atoms with Crippen molar-refractivity contribution in [3.8, 4) is 0 Å². The Morgan fingerprint density at radius 2 is 2.10 bits per heavy atom. The lowest BCUT2D eigenvalue weighted by molar-refractivity contribution is 0.0428. The summed E-state index contributed by atoms with van der Waals surface area (Å²) in [5, 5.41) is 21.6. The monoisotopic (exact) mass is 294 g/mol. The molecular weight excluding hydrogens is 272 g/mol. The zero-order chi connectivity index (χ0) is 16.0. The molecule has 0 spiro atoms. The lowest BCUT2D eigenvalue weighted by atomic mass is 9.95. The predicted octanol–water partition coefficient (Wildman–Crippen LogP) is 1.70. The van der Waals surface area contributed by atoms with E-state index in [1.165, 1.54) is 18.3 Å². The highest BCUT2D eigenvalue weighted by Crippen LogP contribution is 2.15.